The smallest absolute Gasteiger partial charge is 0.220 e. The van der Waals surface area contributed by atoms with Gasteiger partial charge >= 0.3 is 0 Å². The molecule has 7 heteroatoms. The summed E-state index contributed by atoms with van der Waals surface area (Å²) in [5, 5.41) is 16.2. The van der Waals surface area contributed by atoms with Gasteiger partial charge in [-0.2, -0.15) is 0 Å². The maximum Gasteiger partial charge on any atom is 0.220 e. The number of hydrogen-bond donors (Lipinski definition) is 3. The average Bonchev–Trinajstić information content (AvgIpc) is 2.74. The summed E-state index contributed by atoms with van der Waals surface area (Å²) in [5.41, 5.74) is 1.10. The molecule has 0 fully saturated rings. The summed E-state index contributed by atoms with van der Waals surface area (Å²) in [6.45, 7) is 1.08. The number of rotatable bonds is 3. The molecule has 1 aliphatic rings. The molecule has 1 amide bonds. The Balaban J connectivity index is 1.78. The van der Waals surface area contributed by atoms with E-state index in [2.05, 4.69) is 10.6 Å². The van der Waals surface area contributed by atoms with Crippen LogP contribution >= 0.6 is 0 Å². The number of benzene rings is 2. The summed E-state index contributed by atoms with van der Waals surface area (Å²) in [7, 11) is 0. The lowest BCUT2D eigenvalue weighted by atomic mass is 10.1. The van der Waals surface area contributed by atoms with Crippen LogP contribution in [0.3, 0.4) is 0 Å². The Hall–Kier alpha value is -3.48. The fourth-order valence-electron chi connectivity index (χ4n) is 2.99. The van der Waals surface area contributed by atoms with Gasteiger partial charge in [0.1, 0.15) is 29.4 Å². The van der Waals surface area contributed by atoms with Gasteiger partial charge in [0.2, 0.25) is 5.91 Å². The topological polar surface area (TPSA) is 96.9 Å². The van der Waals surface area contributed by atoms with Crippen molar-refractivity contribution < 1.29 is 24.2 Å². The van der Waals surface area contributed by atoms with E-state index < -0.39 is 0 Å². The SMILES string of the molecule is O=C1CC/C=C/NCC(=O)c2c(O)cc(OCc3ccccc3)cc2OCCCN1. The highest BCUT2D eigenvalue weighted by Crippen LogP contribution is 2.34. The zero-order valence-electron chi connectivity index (χ0n) is 16.7. The van der Waals surface area contributed by atoms with Crippen LogP contribution in [0.5, 0.6) is 17.2 Å². The van der Waals surface area contributed by atoms with Crippen LogP contribution in [-0.2, 0) is 11.4 Å². The third-order valence-corrected chi connectivity index (χ3v) is 4.52. The van der Waals surface area contributed by atoms with Crippen molar-refractivity contribution in [2.75, 3.05) is 19.7 Å². The van der Waals surface area contributed by atoms with Crippen LogP contribution in [0.25, 0.3) is 0 Å². The Bertz CT molecular complexity index is 896. The molecule has 0 saturated carbocycles. The number of carbonyl (C=O) groups excluding carboxylic acids is 2. The number of nitrogens with one attached hydrogen (secondary N) is 2. The molecule has 0 unspecified atom stereocenters. The predicted octanol–water partition coefficient (Wildman–Crippen LogP) is 2.94. The van der Waals surface area contributed by atoms with Crippen molar-refractivity contribution in [2.24, 2.45) is 0 Å². The summed E-state index contributed by atoms with van der Waals surface area (Å²) < 4.78 is 11.6. The molecule has 158 valence electrons. The molecule has 0 aromatic heterocycles. The number of allylic oxidation sites excluding steroid dienone is 1. The summed E-state index contributed by atoms with van der Waals surface area (Å²) in [6.07, 6.45) is 4.97. The summed E-state index contributed by atoms with van der Waals surface area (Å²) in [4.78, 5) is 24.4. The highest BCUT2D eigenvalue weighted by Gasteiger charge is 2.20. The van der Waals surface area contributed by atoms with E-state index in [1.54, 1.807) is 18.3 Å². The first kappa shape index (κ1) is 21.2. The lowest BCUT2D eigenvalue weighted by Crippen LogP contribution is -2.25. The molecule has 7 nitrogen and oxygen atoms in total. The number of phenols is 1. The van der Waals surface area contributed by atoms with Crippen molar-refractivity contribution in [3.8, 4) is 17.2 Å². The van der Waals surface area contributed by atoms with Gasteiger partial charge in [0.25, 0.3) is 0 Å². The number of Topliss-reactive ketones (excluding diaryl/α,β-unsaturated/α-hetero) is 1. The first-order valence-electron chi connectivity index (χ1n) is 9.98. The molecule has 0 saturated heterocycles. The Kier molecular flexibility index (Phi) is 7.71. The number of amides is 1. The third kappa shape index (κ3) is 6.27. The van der Waals surface area contributed by atoms with Gasteiger partial charge in [0.15, 0.2) is 5.78 Å². The average molecular weight is 410 g/mol. The van der Waals surface area contributed by atoms with Gasteiger partial charge in [-0.05, 0) is 24.6 Å². The number of carbonyl (C=O) groups is 2. The van der Waals surface area contributed by atoms with Gasteiger partial charge in [0, 0.05) is 25.1 Å². The van der Waals surface area contributed by atoms with Crippen LogP contribution in [-0.4, -0.2) is 36.5 Å². The standard InChI is InChI=1S/C23H26N2O5/c26-19-13-18(30-16-17-7-2-1-3-8-17)14-21-23(19)20(27)15-24-10-5-4-9-22(28)25-11-6-12-29-21/h1-3,5,7-8,10,13-14,24,26H,4,6,9,11-12,15-16H2,(H,25,28)/b10-5+. The maximum atomic E-state index is 12.7. The minimum Gasteiger partial charge on any atom is -0.507 e. The van der Waals surface area contributed by atoms with Crippen molar-refractivity contribution in [1.82, 2.24) is 10.6 Å². The van der Waals surface area contributed by atoms with E-state index in [0.29, 0.717) is 38.2 Å². The zero-order valence-corrected chi connectivity index (χ0v) is 16.7. The maximum absolute atomic E-state index is 12.7. The van der Waals surface area contributed by atoms with Crippen molar-refractivity contribution in [3.63, 3.8) is 0 Å². The number of fused-ring (bicyclic) bond motifs is 1. The highest BCUT2D eigenvalue weighted by molar-refractivity contribution is 6.02. The van der Waals surface area contributed by atoms with Crippen LogP contribution < -0.4 is 20.1 Å². The van der Waals surface area contributed by atoms with Crippen LogP contribution in [0.2, 0.25) is 0 Å². The Morgan fingerprint density at radius 1 is 1.13 bits per heavy atom. The number of ketones is 1. The molecule has 0 bridgehead atoms. The summed E-state index contributed by atoms with van der Waals surface area (Å²) in [5.74, 6) is 0.145. The minimum absolute atomic E-state index is 0.00314. The molecule has 2 aromatic carbocycles. The van der Waals surface area contributed by atoms with Gasteiger partial charge in [-0.3, -0.25) is 9.59 Å². The van der Waals surface area contributed by atoms with E-state index in [1.165, 1.54) is 6.07 Å². The molecule has 0 aliphatic carbocycles. The zero-order chi connectivity index (χ0) is 21.2. The van der Waals surface area contributed by atoms with Gasteiger partial charge in [-0.25, -0.2) is 0 Å². The lowest BCUT2D eigenvalue weighted by Gasteiger charge is -2.15. The van der Waals surface area contributed by atoms with E-state index >= 15 is 0 Å². The largest absolute Gasteiger partial charge is 0.507 e. The molecule has 30 heavy (non-hydrogen) atoms. The second kappa shape index (κ2) is 10.9. The van der Waals surface area contributed by atoms with Gasteiger partial charge in [0.05, 0.1) is 13.2 Å². The van der Waals surface area contributed by atoms with E-state index in [0.717, 1.165) is 5.56 Å². The number of phenolic OH excluding ortho intramolecular Hbond substituents is 1. The predicted molar refractivity (Wildman–Crippen MR) is 113 cm³/mol. The third-order valence-electron chi connectivity index (χ3n) is 4.52. The summed E-state index contributed by atoms with van der Waals surface area (Å²) in [6, 6.07) is 12.7. The fourth-order valence-corrected chi connectivity index (χ4v) is 2.99. The molecule has 3 N–H and O–H groups in total. The number of ether oxygens (including phenoxy) is 2. The van der Waals surface area contributed by atoms with E-state index in [1.807, 2.05) is 30.3 Å². The van der Waals surface area contributed by atoms with Crippen molar-refractivity contribution >= 4 is 11.7 Å². The number of hydrogen-bond acceptors (Lipinski definition) is 6. The van der Waals surface area contributed by atoms with Crippen molar-refractivity contribution in [3.05, 3.63) is 65.9 Å². The number of aromatic hydroxyl groups is 1. The molecule has 3 rings (SSSR count). The minimum atomic E-state index is -0.300. The Morgan fingerprint density at radius 2 is 1.97 bits per heavy atom. The van der Waals surface area contributed by atoms with Crippen LogP contribution in [0.15, 0.2) is 54.7 Å². The second-order valence-corrected chi connectivity index (χ2v) is 6.89. The lowest BCUT2D eigenvalue weighted by molar-refractivity contribution is -0.121. The van der Waals surface area contributed by atoms with E-state index in [4.69, 9.17) is 9.47 Å². The van der Waals surface area contributed by atoms with Crippen molar-refractivity contribution in [2.45, 2.75) is 25.9 Å². The van der Waals surface area contributed by atoms with Crippen molar-refractivity contribution in [1.29, 1.82) is 0 Å². The van der Waals surface area contributed by atoms with Gasteiger partial charge in [-0.1, -0.05) is 36.4 Å². The normalized spacial score (nSPS) is 16.7. The van der Waals surface area contributed by atoms with Crippen LogP contribution in [0.1, 0.15) is 35.2 Å². The first-order chi connectivity index (χ1) is 14.6. The van der Waals surface area contributed by atoms with Gasteiger partial charge in [-0.15, -0.1) is 0 Å². The first-order valence-corrected chi connectivity index (χ1v) is 9.98. The molecule has 0 atom stereocenters. The second-order valence-electron chi connectivity index (χ2n) is 6.89. The van der Waals surface area contributed by atoms with Crippen LogP contribution in [0.4, 0.5) is 0 Å². The molecule has 1 aliphatic heterocycles. The molecule has 2 aromatic rings. The van der Waals surface area contributed by atoms with E-state index in [-0.39, 0.29) is 41.9 Å². The molecular formula is C23H26N2O5. The highest BCUT2D eigenvalue weighted by atomic mass is 16.5. The fraction of sp³-hybridized carbons (Fsp3) is 0.304. The monoisotopic (exact) mass is 410 g/mol. The molecule has 0 radical (unpaired) electrons. The quantitative estimate of drug-likeness (QED) is 0.720. The van der Waals surface area contributed by atoms with Gasteiger partial charge < -0.3 is 25.2 Å². The molecule has 1 heterocycles. The van der Waals surface area contributed by atoms with E-state index in [9.17, 15) is 14.7 Å². The Labute approximate surface area is 175 Å². The Morgan fingerprint density at radius 3 is 2.80 bits per heavy atom. The van der Waals surface area contributed by atoms with Crippen LogP contribution in [0, 0.1) is 0 Å². The molecular weight excluding hydrogens is 384 g/mol. The summed E-state index contributed by atoms with van der Waals surface area (Å²) >= 11 is 0. The molecule has 0 spiro atoms.